The second-order valence-corrected chi connectivity index (χ2v) is 6.36. The third kappa shape index (κ3) is 2.76. The fraction of sp³-hybridized carbons (Fsp3) is 0.647. The van der Waals surface area contributed by atoms with Crippen LogP contribution in [0.3, 0.4) is 0 Å². The number of piperazine rings is 3. The van der Waals surface area contributed by atoms with E-state index in [-0.39, 0.29) is 0 Å². The maximum Gasteiger partial charge on any atom is 0.0490 e. The Balaban J connectivity index is 1.88. The quantitative estimate of drug-likeness (QED) is 0.904. The van der Waals surface area contributed by atoms with E-state index >= 15 is 0 Å². The topological polar surface area (TPSA) is 18.5 Å². The monoisotopic (exact) mass is 273 g/mol. The van der Waals surface area contributed by atoms with E-state index in [9.17, 15) is 0 Å². The van der Waals surface area contributed by atoms with Gasteiger partial charge in [-0.2, -0.15) is 0 Å². The lowest BCUT2D eigenvalue weighted by atomic mass is 9.92. The maximum atomic E-state index is 3.74. The minimum atomic E-state index is 0.460. The van der Waals surface area contributed by atoms with Gasteiger partial charge in [-0.15, -0.1) is 0 Å². The largest absolute Gasteiger partial charge is 0.309 e. The third-order valence-corrected chi connectivity index (χ3v) is 4.73. The summed E-state index contributed by atoms with van der Waals surface area (Å²) >= 11 is 0. The van der Waals surface area contributed by atoms with Crippen molar-refractivity contribution in [3.63, 3.8) is 0 Å². The van der Waals surface area contributed by atoms with Crippen LogP contribution in [0.15, 0.2) is 18.2 Å². The van der Waals surface area contributed by atoms with Gasteiger partial charge in [-0.05, 0) is 26.0 Å². The Morgan fingerprint density at radius 3 is 2.25 bits per heavy atom. The van der Waals surface area contributed by atoms with Crippen molar-refractivity contribution >= 4 is 0 Å². The van der Waals surface area contributed by atoms with E-state index in [1.807, 2.05) is 0 Å². The third-order valence-electron chi connectivity index (χ3n) is 4.73. The molecule has 3 nitrogen and oxygen atoms in total. The molecular weight excluding hydrogens is 246 g/mol. The molecule has 3 aliphatic rings. The van der Waals surface area contributed by atoms with Gasteiger partial charge < -0.3 is 5.32 Å². The number of hydrogen-bond donors (Lipinski definition) is 1. The SMILES string of the molecule is CCNC(c1cc(C)cc(C)c1)C1CN2CCN1CC2. The van der Waals surface area contributed by atoms with Crippen LogP contribution in [0.25, 0.3) is 0 Å². The number of nitrogens with one attached hydrogen (secondary N) is 1. The van der Waals surface area contributed by atoms with Crippen LogP contribution in [0, 0.1) is 13.8 Å². The summed E-state index contributed by atoms with van der Waals surface area (Å²) in [5, 5.41) is 3.74. The van der Waals surface area contributed by atoms with Crippen LogP contribution in [-0.4, -0.2) is 55.1 Å². The van der Waals surface area contributed by atoms with Crippen molar-refractivity contribution < 1.29 is 0 Å². The van der Waals surface area contributed by atoms with E-state index in [4.69, 9.17) is 0 Å². The molecule has 0 spiro atoms. The average molecular weight is 273 g/mol. The molecule has 0 aromatic heterocycles. The number of nitrogens with zero attached hydrogens (tertiary/aromatic N) is 2. The molecule has 0 radical (unpaired) electrons. The summed E-state index contributed by atoms with van der Waals surface area (Å²) < 4.78 is 0. The molecule has 2 unspecified atom stereocenters. The summed E-state index contributed by atoms with van der Waals surface area (Å²) in [5.41, 5.74) is 4.21. The molecule has 2 atom stereocenters. The predicted octanol–water partition coefficient (Wildman–Crippen LogP) is 1.95. The van der Waals surface area contributed by atoms with Crippen molar-refractivity contribution in [2.75, 3.05) is 39.3 Å². The van der Waals surface area contributed by atoms with Crippen molar-refractivity contribution in [1.29, 1.82) is 0 Å². The first-order valence-electron chi connectivity index (χ1n) is 7.95. The summed E-state index contributed by atoms with van der Waals surface area (Å²) in [5.74, 6) is 0. The van der Waals surface area contributed by atoms with Gasteiger partial charge in [0, 0.05) is 44.8 Å². The zero-order valence-electron chi connectivity index (χ0n) is 13.0. The lowest BCUT2D eigenvalue weighted by molar-refractivity contribution is -0.00344. The smallest absolute Gasteiger partial charge is 0.0490 e. The standard InChI is InChI=1S/C17H27N3/c1-4-18-17(15-10-13(2)9-14(3)11-15)16-12-19-5-7-20(16)8-6-19/h9-11,16-18H,4-8,12H2,1-3H3. The van der Waals surface area contributed by atoms with Gasteiger partial charge in [0.25, 0.3) is 0 Å². The van der Waals surface area contributed by atoms with Gasteiger partial charge in [-0.25, -0.2) is 0 Å². The molecule has 3 heteroatoms. The van der Waals surface area contributed by atoms with Gasteiger partial charge in [0.2, 0.25) is 0 Å². The van der Waals surface area contributed by atoms with E-state index in [1.165, 1.54) is 49.4 Å². The summed E-state index contributed by atoms with van der Waals surface area (Å²) in [7, 11) is 0. The minimum absolute atomic E-state index is 0.460. The van der Waals surface area contributed by atoms with E-state index in [0.717, 1.165) is 6.54 Å². The first-order chi connectivity index (χ1) is 9.67. The van der Waals surface area contributed by atoms with E-state index < -0.39 is 0 Å². The molecule has 0 saturated carbocycles. The Bertz CT molecular complexity index is 443. The van der Waals surface area contributed by atoms with Gasteiger partial charge in [-0.3, -0.25) is 9.80 Å². The molecule has 0 aliphatic carbocycles. The van der Waals surface area contributed by atoms with Crippen LogP contribution in [0.1, 0.15) is 29.7 Å². The molecule has 3 heterocycles. The highest BCUT2D eigenvalue weighted by molar-refractivity contribution is 5.32. The number of hydrogen-bond acceptors (Lipinski definition) is 3. The van der Waals surface area contributed by atoms with Gasteiger partial charge in [0.05, 0.1) is 0 Å². The fourth-order valence-corrected chi connectivity index (χ4v) is 3.86. The second-order valence-electron chi connectivity index (χ2n) is 6.36. The molecule has 3 saturated heterocycles. The minimum Gasteiger partial charge on any atom is -0.309 e. The Hall–Kier alpha value is -0.900. The first-order valence-corrected chi connectivity index (χ1v) is 7.95. The lowest BCUT2D eigenvalue weighted by Crippen LogP contribution is -2.64. The summed E-state index contributed by atoms with van der Waals surface area (Å²) in [6.07, 6.45) is 0. The number of aryl methyl sites for hydroxylation is 2. The molecule has 4 rings (SSSR count). The lowest BCUT2D eigenvalue weighted by Gasteiger charge is -2.50. The molecule has 3 fully saturated rings. The molecule has 1 N–H and O–H groups in total. The number of benzene rings is 1. The molecule has 2 bridgehead atoms. The van der Waals surface area contributed by atoms with Crippen molar-refractivity contribution in [3.8, 4) is 0 Å². The Morgan fingerprint density at radius 2 is 1.75 bits per heavy atom. The van der Waals surface area contributed by atoms with Gasteiger partial charge >= 0.3 is 0 Å². The zero-order valence-corrected chi connectivity index (χ0v) is 13.0. The van der Waals surface area contributed by atoms with Crippen LogP contribution in [0.5, 0.6) is 0 Å². The van der Waals surface area contributed by atoms with Crippen LogP contribution in [0.4, 0.5) is 0 Å². The number of likely N-dealkylation sites (N-methyl/N-ethyl adjacent to an activating group) is 1. The molecule has 0 amide bonds. The van der Waals surface area contributed by atoms with Crippen molar-refractivity contribution in [2.24, 2.45) is 0 Å². The van der Waals surface area contributed by atoms with Crippen molar-refractivity contribution in [2.45, 2.75) is 32.9 Å². The van der Waals surface area contributed by atoms with E-state index in [0.29, 0.717) is 12.1 Å². The van der Waals surface area contributed by atoms with Crippen LogP contribution in [-0.2, 0) is 0 Å². The fourth-order valence-electron chi connectivity index (χ4n) is 3.86. The molecule has 1 aromatic rings. The summed E-state index contributed by atoms with van der Waals surface area (Å²) in [6.45, 7) is 13.8. The highest BCUT2D eigenvalue weighted by atomic mass is 15.4. The summed E-state index contributed by atoms with van der Waals surface area (Å²) in [6, 6.07) is 8.07. The average Bonchev–Trinajstić information content (AvgIpc) is 2.45. The van der Waals surface area contributed by atoms with E-state index in [1.54, 1.807) is 0 Å². The Labute approximate surface area is 123 Å². The molecular formula is C17H27N3. The molecule has 20 heavy (non-hydrogen) atoms. The van der Waals surface area contributed by atoms with Gasteiger partial charge in [0.1, 0.15) is 0 Å². The van der Waals surface area contributed by atoms with Gasteiger partial charge in [-0.1, -0.05) is 36.2 Å². The number of fused-ring (bicyclic) bond motifs is 3. The second kappa shape index (κ2) is 5.84. The highest BCUT2D eigenvalue weighted by Crippen LogP contribution is 2.28. The van der Waals surface area contributed by atoms with E-state index in [2.05, 4.69) is 54.1 Å². The van der Waals surface area contributed by atoms with Crippen molar-refractivity contribution in [1.82, 2.24) is 15.1 Å². The molecule has 3 aliphatic heterocycles. The van der Waals surface area contributed by atoms with Gasteiger partial charge in [0.15, 0.2) is 0 Å². The Kier molecular flexibility index (Phi) is 4.11. The summed E-state index contributed by atoms with van der Waals surface area (Å²) in [4.78, 5) is 5.31. The maximum absolute atomic E-state index is 3.74. The van der Waals surface area contributed by atoms with Crippen LogP contribution >= 0.6 is 0 Å². The predicted molar refractivity (Wildman–Crippen MR) is 84.1 cm³/mol. The Morgan fingerprint density at radius 1 is 1.10 bits per heavy atom. The first kappa shape index (κ1) is 14.1. The molecule has 110 valence electrons. The van der Waals surface area contributed by atoms with Crippen LogP contribution in [0.2, 0.25) is 0 Å². The highest BCUT2D eigenvalue weighted by Gasteiger charge is 2.37. The van der Waals surface area contributed by atoms with Crippen molar-refractivity contribution in [3.05, 3.63) is 34.9 Å². The van der Waals surface area contributed by atoms with Crippen LogP contribution < -0.4 is 5.32 Å². The molecule has 1 aromatic carbocycles. The number of rotatable bonds is 4. The normalized spacial score (nSPS) is 30.4. The zero-order chi connectivity index (χ0) is 14.1.